The summed E-state index contributed by atoms with van der Waals surface area (Å²) in [6.07, 6.45) is 0. The van der Waals surface area contributed by atoms with E-state index in [0.29, 0.717) is 24.9 Å². The molecule has 114 valence electrons. The third kappa shape index (κ3) is 5.88. The smallest absolute Gasteiger partial charge is 0.165 e. The average Bonchev–Trinajstić information content (AvgIpc) is 2.43. The summed E-state index contributed by atoms with van der Waals surface area (Å²) in [6.45, 7) is 12.4. The Morgan fingerprint density at radius 3 is 2.50 bits per heavy atom. The van der Waals surface area contributed by atoms with Crippen LogP contribution in [0.3, 0.4) is 0 Å². The van der Waals surface area contributed by atoms with Gasteiger partial charge in [-0.25, -0.2) is 4.39 Å². The van der Waals surface area contributed by atoms with E-state index in [1.54, 1.807) is 12.1 Å². The number of halogens is 1. The number of ether oxygens (including phenoxy) is 1. The minimum atomic E-state index is -0.285. The van der Waals surface area contributed by atoms with Crippen LogP contribution in [0.15, 0.2) is 18.2 Å². The Morgan fingerprint density at radius 1 is 1.25 bits per heavy atom. The van der Waals surface area contributed by atoms with E-state index in [-0.39, 0.29) is 5.82 Å². The first-order valence-corrected chi connectivity index (χ1v) is 7.43. The lowest BCUT2D eigenvalue weighted by Crippen LogP contribution is -2.28. The second-order valence-electron chi connectivity index (χ2n) is 5.18. The zero-order valence-corrected chi connectivity index (χ0v) is 13.1. The minimum Gasteiger partial charge on any atom is -0.489 e. The van der Waals surface area contributed by atoms with E-state index in [4.69, 9.17) is 4.74 Å². The molecule has 1 aromatic rings. The first-order valence-electron chi connectivity index (χ1n) is 7.43. The Kier molecular flexibility index (Phi) is 7.55. The maximum Gasteiger partial charge on any atom is 0.165 e. The fraction of sp³-hybridized carbons (Fsp3) is 0.625. The van der Waals surface area contributed by atoms with Gasteiger partial charge < -0.3 is 15.0 Å². The molecule has 0 aliphatic carbocycles. The molecule has 0 heterocycles. The van der Waals surface area contributed by atoms with Crippen molar-refractivity contribution in [2.24, 2.45) is 0 Å². The van der Waals surface area contributed by atoms with E-state index in [1.807, 2.05) is 6.07 Å². The maximum atomic E-state index is 13.9. The molecule has 1 aromatic carbocycles. The van der Waals surface area contributed by atoms with Crippen LogP contribution < -0.4 is 10.1 Å². The highest BCUT2D eigenvalue weighted by molar-refractivity contribution is 5.29. The van der Waals surface area contributed by atoms with Crippen LogP contribution in [-0.2, 0) is 6.54 Å². The third-order valence-electron chi connectivity index (χ3n) is 3.27. The van der Waals surface area contributed by atoms with Gasteiger partial charge in [0.25, 0.3) is 0 Å². The lowest BCUT2D eigenvalue weighted by atomic mass is 10.2. The number of benzene rings is 1. The average molecular weight is 282 g/mol. The number of hydrogen-bond donors (Lipinski definition) is 1. The molecule has 4 heteroatoms. The van der Waals surface area contributed by atoms with Crippen molar-refractivity contribution in [3.63, 3.8) is 0 Å². The largest absolute Gasteiger partial charge is 0.489 e. The molecule has 0 saturated heterocycles. The van der Waals surface area contributed by atoms with E-state index in [2.05, 4.69) is 37.9 Å². The minimum absolute atomic E-state index is 0.285. The fourth-order valence-corrected chi connectivity index (χ4v) is 1.92. The second kappa shape index (κ2) is 8.93. The molecule has 0 unspecified atom stereocenters. The van der Waals surface area contributed by atoms with Gasteiger partial charge >= 0.3 is 0 Å². The Bertz CT molecular complexity index is 392. The van der Waals surface area contributed by atoms with Crippen LogP contribution in [-0.4, -0.2) is 37.2 Å². The standard InChI is InChI=1S/C16H27FN2O/c1-5-19(6-2)9-10-20-16-8-7-14(11-15(16)17)12-18-13(3)4/h7-8,11,13,18H,5-6,9-10,12H2,1-4H3. The summed E-state index contributed by atoms with van der Waals surface area (Å²) in [5, 5.41) is 3.27. The third-order valence-corrected chi connectivity index (χ3v) is 3.27. The summed E-state index contributed by atoms with van der Waals surface area (Å²) in [5.74, 6) is 0.0538. The molecule has 0 saturated carbocycles. The Morgan fingerprint density at radius 2 is 1.95 bits per heavy atom. The van der Waals surface area contributed by atoms with Gasteiger partial charge in [0.1, 0.15) is 6.61 Å². The van der Waals surface area contributed by atoms with Crippen LogP contribution >= 0.6 is 0 Å². The summed E-state index contributed by atoms with van der Waals surface area (Å²) in [5.41, 5.74) is 0.937. The molecule has 3 nitrogen and oxygen atoms in total. The van der Waals surface area contributed by atoms with Gasteiger partial charge in [-0.3, -0.25) is 0 Å². The van der Waals surface area contributed by atoms with Crippen LogP contribution in [0.1, 0.15) is 33.3 Å². The summed E-state index contributed by atoms with van der Waals surface area (Å²) in [6, 6.07) is 5.56. The quantitative estimate of drug-likeness (QED) is 0.753. The SMILES string of the molecule is CCN(CC)CCOc1ccc(CNC(C)C)cc1F. The monoisotopic (exact) mass is 282 g/mol. The van der Waals surface area contributed by atoms with E-state index in [9.17, 15) is 4.39 Å². The molecule has 1 N–H and O–H groups in total. The van der Waals surface area contributed by atoms with Crippen molar-refractivity contribution in [1.29, 1.82) is 0 Å². The fourth-order valence-electron chi connectivity index (χ4n) is 1.92. The van der Waals surface area contributed by atoms with Crippen molar-refractivity contribution in [2.45, 2.75) is 40.3 Å². The Balaban J connectivity index is 2.47. The summed E-state index contributed by atoms with van der Waals surface area (Å²) < 4.78 is 19.4. The lowest BCUT2D eigenvalue weighted by molar-refractivity contribution is 0.217. The highest BCUT2D eigenvalue weighted by Gasteiger charge is 2.06. The number of rotatable bonds is 9. The predicted octanol–water partition coefficient (Wildman–Crippen LogP) is 3.04. The lowest BCUT2D eigenvalue weighted by Gasteiger charge is -2.18. The summed E-state index contributed by atoms with van der Waals surface area (Å²) in [7, 11) is 0. The molecule has 0 spiro atoms. The molecule has 0 bridgehead atoms. The van der Waals surface area contributed by atoms with Crippen molar-refractivity contribution in [1.82, 2.24) is 10.2 Å². The van der Waals surface area contributed by atoms with Crippen molar-refractivity contribution >= 4 is 0 Å². The van der Waals surface area contributed by atoms with Gasteiger partial charge in [-0.05, 0) is 30.8 Å². The molecular weight excluding hydrogens is 255 g/mol. The first kappa shape index (κ1) is 16.9. The number of hydrogen-bond acceptors (Lipinski definition) is 3. The number of nitrogens with zero attached hydrogens (tertiary/aromatic N) is 1. The van der Waals surface area contributed by atoms with Crippen LogP contribution in [0.25, 0.3) is 0 Å². The van der Waals surface area contributed by atoms with E-state index >= 15 is 0 Å². The second-order valence-corrected chi connectivity index (χ2v) is 5.18. The van der Waals surface area contributed by atoms with Gasteiger partial charge in [0.2, 0.25) is 0 Å². The zero-order chi connectivity index (χ0) is 15.0. The van der Waals surface area contributed by atoms with E-state index < -0.39 is 0 Å². The highest BCUT2D eigenvalue weighted by atomic mass is 19.1. The van der Waals surface area contributed by atoms with Crippen molar-refractivity contribution in [3.8, 4) is 5.75 Å². The van der Waals surface area contributed by atoms with Crippen LogP contribution in [0, 0.1) is 5.82 Å². The van der Waals surface area contributed by atoms with Crippen LogP contribution in [0.4, 0.5) is 4.39 Å². The highest BCUT2D eigenvalue weighted by Crippen LogP contribution is 2.18. The molecule has 0 aromatic heterocycles. The van der Waals surface area contributed by atoms with Crippen molar-refractivity contribution in [3.05, 3.63) is 29.6 Å². The van der Waals surface area contributed by atoms with Crippen LogP contribution in [0.5, 0.6) is 5.75 Å². The number of likely N-dealkylation sites (N-methyl/N-ethyl adjacent to an activating group) is 1. The van der Waals surface area contributed by atoms with Gasteiger partial charge in [-0.2, -0.15) is 0 Å². The molecule has 1 rings (SSSR count). The Labute approximate surface area is 122 Å². The molecule has 0 fully saturated rings. The normalized spacial score (nSPS) is 11.3. The van der Waals surface area contributed by atoms with Gasteiger partial charge in [-0.1, -0.05) is 33.8 Å². The summed E-state index contributed by atoms with van der Waals surface area (Å²) in [4.78, 5) is 2.25. The van der Waals surface area contributed by atoms with Gasteiger partial charge in [0.15, 0.2) is 11.6 Å². The van der Waals surface area contributed by atoms with Gasteiger partial charge in [0, 0.05) is 19.1 Å². The molecule has 0 radical (unpaired) electrons. The first-order chi connectivity index (χ1) is 9.56. The molecule has 0 amide bonds. The number of nitrogens with one attached hydrogen (secondary N) is 1. The molecule has 0 atom stereocenters. The maximum absolute atomic E-state index is 13.9. The zero-order valence-electron chi connectivity index (χ0n) is 13.1. The molecule has 20 heavy (non-hydrogen) atoms. The molecule has 0 aliphatic heterocycles. The van der Waals surface area contributed by atoms with Gasteiger partial charge in [0.05, 0.1) is 0 Å². The summed E-state index contributed by atoms with van der Waals surface area (Å²) >= 11 is 0. The Hall–Kier alpha value is -1.13. The van der Waals surface area contributed by atoms with Crippen molar-refractivity contribution in [2.75, 3.05) is 26.2 Å². The molecular formula is C16H27FN2O. The predicted molar refractivity (Wildman–Crippen MR) is 81.7 cm³/mol. The van der Waals surface area contributed by atoms with Crippen LogP contribution in [0.2, 0.25) is 0 Å². The van der Waals surface area contributed by atoms with Crippen molar-refractivity contribution < 1.29 is 9.13 Å². The van der Waals surface area contributed by atoms with E-state index in [0.717, 1.165) is 25.2 Å². The topological polar surface area (TPSA) is 24.5 Å². The van der Waals surface area contributed by atoms with E-state index in [1.165, 1.54) is 0 Å². The molecule has 0 aliphatic rings. The van der Waals surface area contributed by atoms with Gasteiger partial charge in [-0.15, -0.1) is 0 Å².